The molecule has 160 valence electrons. The number of alkyl halides is 2. The predicted octanol–water partition coefficient (Wildman–Crippen LogP) is 3.11. The maximum atomic E-state index is 12.6. The van der Waals surface area contributed by atoms with E-state index in [1.54, 1.807) is 17.0 Å². The molecule has 2 aromatic rings. The minimum atomic E-state index is -4.69. The van der Waals surface area contributed by atoms with Gasteiger partial charge in [0.05, 0.1) is 4.90 Å². The van der Waals surface area contributed by atoms with Crippen molar-refractivity contribution in [1.29, 1.82) is 0 Å². The Kier molecular flexibility index (Phi) is 6.66. The standard InChI is InChI=1S/C20H21F2N3O4S/c21-19(22)30(28,29)17-8-6-14(7-9-17)18(26)25-12-10-16(11-13-25)24-20(27)23-15-4-2-1-3-5-15/h1-9,16,19H,10-13H2,(H2,23,24,27). The van der Waals surface area contributed by atoms with Crippen molar-refractivity contribution in [2.24, 2.45) is 0 Å². The molecule has 0 aromatic heterocycles. The molecule has 1 fully saturated rings. The number of carbonyl (C=O) groups is 2. The normalized spacial score (nSPS) is 15.1. The maximum Gasteiger partial charge on any atom is 0.341 e. The lowest BCUT2D eigenvalue weighted by atomic mass is 10.0. The number of sulfone groups is 1. The van der Waals surface area contributed by atoms with Gasteiger partial charge in [0.15, 0.2) is 0 Å². The van der Waals surface area contributed by atoms with Crippen molar-refractivity contribution in [3.05, 3.63) is 60.2 Å². The minimum Gasteiger partial charge on any atom is -0.338 e. The van der Waals surface area contributed by atoms with Crippen LogP contribution in [0.4, 0.5) is 19.3 Å². The van der Waals surface area contributed by atoms with Gasteiger partial charge in [-0.05, 0) is 49.2 Å². The summed E-state index contributed by atoms with van der Waals surface area (Å²) in [7, 11) is -4.69. The Morgan fingerprint density at radius 2 is 1.57 bits per heavy atom. The second-order valence-corrected chi connectivity index (χ2v) is 8.78. The molecule has 2 N–H and O–H groups in total. The highest BCUT2D eigenvalue weighted by atomic mass is 32.2. The van der Waals surface area contributed by atoms with Gasteiger partial charge in [0.2, 0.25) is 9.84 Å². The number of halogens is 2. The number of para-hydroxylation sites is 1. The molecule has 30 heavy (non-hydrogen) atoms. The first kappa shape index (κ1) is 21.7. The summed E-state index contributed by atoms with van der Waals surface area (Å²) in [6.45, 7) is 0.818. The second kappa shape index (κ2) is 9.21. The van der Waals surface area contributed by atoms with Gasteiger partial charge in [-0.2, -0.15) is 8.78 Å². The van der Waals surface area contributed by atoms with Gasteiger partial charge in [-0.1, -0.05) is 18.2 Å². The van der Waals surface area contributed by atoms with Gasteiger partial charge in [-0.15, -0.1) is 0 Å². The van der Waals surface area contributed by atoms with Crippen LogP contribution < -0.4 is 10.6 Å². The third-order valence-electron chi connectivity index (χ3n) is 4.81. The molecule has 2 aromatic carbocycles. The SMILES string of the molecule is O=C(Nc1ccccc1)NC1CCN(C(=O)c2ccc(S(=O)(=O)C(F)F)cc2)CC1. The number of hydrogen-bond acceptors (Lipinski definition) is 4. The van der Waals surface area contributed by atoms with Crippen molar-refractivity contribution in [3.8, 4) is 0 Å². The summed E-state index contributed by atoms with van der Waals surface area (Å²) in [6, 6.07) is 13.1. The molecule has 7 nitrogen and oxygen atoms in total. The largest absolute Gasteiger partial charge is 0.341 e. The third-order valence-corrected chi connectivity index (χ3v) is 6.21. The van der Waals surface area contributed by atoms with Gasteiger partial charge in [0, 0.05) is 30.4 Å². The smallest absolute Gasteiger partial charge is 0.338 e. The molecule has 0 saturated carbocycles. The first-order valence-corrected chi connectivity index (χ1v) is 10.9. The monoisotopic (exact) mass is 437 g/mol. The summed E-state index contributed by atoms with van der Waals surface area (Å²) in [4.78, 5) is 25.7. The molecule has 0 bridgehead atoms. The van der Waals surface area contributed by atoms with Crippen LogP contribution in [0.2, 0.25) is 0 Å². The lowest BCUT2D eigenvalue weighted by Gasteiger charge is -2.32. The van der Waals surface area contributed by atoms with Crippen LogP contribution in [0.1, 0.15) is 23.2 Å². The average Bonchev–Trinajstić information content (AvgIpc) is 2.74. The zero-order valence-corrected chi connectivity index (χ0v) is 16.7. The first-order chi connectivity index (χ1) is 14.3. The Bertz CT molecular complexity index is 990. The van der Waals surface area contributed by atoms with E-state index in [-0.39, 0.29) is 23.5 Å². The number of nitrogens with zero attached hydrogens (tertiary/aromatic N) is 1. The predicted molar refractivity (Wildman–Crippen MR) is 107 cm³/mol. The summed E-state index contributed by atoms with van der Waals surface area (Å²) in [5.41, 5.74) is 0.899. The molecular weight excluding hydrogens is 416 g/mol. The molecule has 1 saturated heterocycles. The van der Waals surface area contributed by atoms with Crippen molar-refractivity contribution in [2.75, 3.05) is 18.4 Å². The van der Waals surface area contributed by atoms with Gasteiger partial charge < -0.3 is 15.5 Å². The average molecular weight is 437 g/mol. The highest BCUT2D eigenvalue weighted by Crippen LogP contribution is 2.20. The molecule has 3 rings (SSSR count). The molecule has 1 aliphatic rings. The number of piperidine rings is 1. The molecular formula is C20H21F2N3O4S. The summed E-state index contributed by atoms with van der Waals surface area (Å²) in [5, 5.41) is 5.62. The highest BCUT2D eigenvalue weighted by molar-refractivity contribution is 7.91. The van der Waals surface area contributed by atoms with Gasteiger partial charge in [-0.3, -0.25) is 4.79 Å². The number of likely N-dealkylation sites (tertiary alicyclic amines) is 1. The van der Waals surface area contributed by atoms with E-state index in [2.05, 4.69) is 10.6 Å². The summed E-state index contributed by atoms with van der Waals surface area (Å²) in [6.07, 6.45) is 1.12. The lowest BCUT2D eigenvalue weighted by molar-refractivity contribution is 0.0708. The van der Waals surface area contributed by atoms with Gasteiger partial charge in [0.1, 0.15) is 0 Å². The van der Waals surface area contributed by atoms with Gasteiger partial charge in [-0.25, -0.2) is 13.2 Å². The molecule has 0 spiro atoms. The number of anilines is 1. The second-order valence-electron chi connectivity index (χ2n) is 6.86. The Hall–Kier alpha value is -3.01. The fraction of sp³-hybridized carbons (Fsp3) is 0.300. The van der Waals surface area contributed by atoms with Crippen molar-refractivity contribution in [3.63, 3.8) is 0 Å². The van der Waals surface area contributed by atoms with Crippen LogP contribution in [-0.4, -0.2) is 50.1 Å². The van der Waals surface area contributed by atoms with Crippen LogP contribution in [-0.2, 0) is 9.84 Å². The van der Waals surface area contributed by atoms with Crippen molar-refractivity contribution in [2.45, 2.75) is 29.5 Å². The van der Waals surface area contributed by atoms with Crippen molar-refractivity contribution in [1.82, 2.24) is 10.2 Å². The van der Waals surface area contributed by atoms with E-state index in [4.69, 9.17) is 0 Å². The van der Waals surface area contributed by atoms with Gasteiger partial charge in [0.25, 0.3) is 5.91 Å². The van der Waals surface area contributed by atoms with Crippen molar-refractivity contribution >= 4 is 27.5 Å². The van der Waals surface area contributed by atoms with Gasteiger partial charge >= 0.3 is 11.8 Å². The van der Waals surface area contributed by atoms with Crippen LogP contribution >= 0.6 is 0 Å². The van der Waals surface area contributed by atoms with E-state index in [9.17, 15) is 26.8 Å². The summed E-state index contributed by atoms with van der Waals surface area (Å²) in [5.74, 6) is -3.83. The quantitative estimate of drug-likeness (QED) is 0.751. The Balaban J connectivity index is 1.52. The van der Waals surface area contributed by atoms with Crippen LogP contribution in [0.3, 0.4) is 0 Å². The van der Waals surface area contributed by atoms with Crippen LogP contribution in [0.15, 0.2) is 59.5 Å². The zero-order chi connectivity index (χ0) is 21.7. The lowest BCUT2D eigenvalue weighted by Crippen LogP contribution is -2.47. The number of rotatable bonds is 5. The fourth-order valence-electron chi connectivity index (χ4n) is 3.17. The van der Waals surface area contributed by atoms with E-state index in [0.717, 1.165) is 12.1 Å². The van der Waals surface area contributed by atoms with E-state index < -0.39 is 20.5 Å². The third kappa shape index (κ3) is 5.12. The topological polar surface area (TPSA) is 95.6 Å². The van der Waals surface area contributed by atoms with Crippen LogP contribution in [0, 0.1) is 0 Å². The Morgan fingerprint density at radius 1 is 0.967 bits per heavy atom. The molecule has 1 heterocycles. The number of hydrogen-bond donors (Lipinski definition) is 2. The zero-order valence-electron chi connectivity index (χ0n) is 15.9. The highest BCUT2D eigenvalue weighted by Gasteiger charge is 2.28. The number of nitrogens with one attached hydrogen (secondary N) is 2. The van der Waals surface area contributed by atoms with Crippen LogP contribution in [0.5, 0.6) is 0 Å². The maximum absolute atomic E-state index is 12.6. The molecule has 0 radical (unpaired) electrons. The summed E-state index contributed by atoms with van der Waals surface area (Å²) < 4.78 is 48.1. The first-order valence-electron chi connectivity index (χ1n) is 9.31. The number of carbonyl (C=O) groups excluding carboxylic acids is 2. The molecule has 0 atom stereocenters. The summed E-state index contributed by atoms with van der Waals surface area (Å²) >= 11 is 0. The van der Waals surface area contributed by atoms with E-state index in [1.807, 2.05) is 18.2 Å². The minimum absolute atomic E-state index is 0.0867. The van der Waals surface area contributed by atoms with Crippen molar-refractivity contribution < 1.29 is 26.8 Å². The fourth-order valence-corrected chi connectivity index (χ4v) is 3.89. The number of amides is 3. The number of urea groups is 1. The molecule has 10 heteroatoms. The molecule has 3 amide bonds. The Morgan fingerprint density at radius 3 is 2.13 bits per heavy atom. The molecule has 1 aliphatic heterocycles. The van der Waals surface area contributed by atoms with E-state index in [0.29, 0.717) is 31.6 Å². The molecule has 0 unspecified atom stereocenters. The molecule has 0 aliphatic carbocycles. The van der Waals surface area contributed by atoms with E-state index in [1.165, 1.54) is 12.1 Å². The number of benzene rings is 2. The van der Waals surface area contributed by atoms with Crippen LogP contribution in [0.25, 0.3) is 0 Å². The van der Waals surface area contributed by atoms with E-state index >= 15 is 0 Å². The Labute approximate surface area is 173 Å².